The van der Waals surface area contributed by atoms with Crippen LogP contribution in [0.4, 0.5) is 22.2 Å². The molecule has 0 atom stereocenters. The van der Waals surface area contributed by atoms with Crippen LogP contribution in [0.1, 0.15) is 12.6 Å². The summed E-state index contributed by atoms with van der Waals surface area (Å²) in [5, 5.41) is 3.23. The Morgan fingerprint density at radius 1 is 1.19 bits per heavy atom. The van der Waals surface area contributed by atoms with Gasteiger partial charge in [0.1, 0.15) is 11.6 Å². The lowest BCUT2D eigenvalue weighted by molar-refractivity contribution is 0.105. The van der Waals surface area contributed by atoms with Crippen molar-refractivity contribution in [3.05, 3.63) is 36.0 Å². The van der Waals surface area contributed by atoms with Gasteiger partial charge < -0.3 is 24.6 Å². The smallest absolute Gasteiger partial charge is 0.409 e. The van der Waals surface area contributed by atoms with Gasteiger partial charge >= 0.3 is 6.09 Å². The van der Waals surface area contributed by atoms with Gasteiger partial charge in [0.15, 0.2) is 0 Å². The lowest BCUT2D eigenvalue weighted by Gasteiger charge is -2.34. The molecule has 144 valence electrons. The number of aryl methyl sites for hydroxylation is 1. The minimum Gasteiger partial charge on any atom is -0.497 e. The van der Waals surface area contributed by atoms with Crippen molar-refractivity contribution in [1.82, 2.24) is 14.9 Å². The molecule has 0 unspecified atom stereocenters. The van der Waals surface area contributed by atoms with E-state index in [1.165, 1.54) is 0 Å². The molecule has 3 rings (SSSR count). The van der Waals surface area contributed by atoms with Gasteiger partial charge in [0, 0.05) is 49.7 Å². The highest BCUT2D eigenvalue weighted by molar-refractivity contribution is 5.68. The van der Waals surface area contributed by atoms with Gasteiger partial charge in [-0.3, -0.25) is 0 Å². The number of amides is 1. The molecule has 0 bridgehead atoms. The monoisotopic (exact) mass is 371 g/mol. The number of nitrogens with zero attached hydrogens (tertiary/aromatic N) is 4. The molecular formula is C19H25N5O3. The zero-order valence-electron chi connectivity index (χ0n) is 15.9. The molecule has 1 amide bonds. The Kier molecular flexibility index (Phi) is 5.95. The van der Waals surface area contributed by atoms with E-state index in [2.05, 4.69) is 20.2 Å². The number of rotatable bonds is 5. The van der Waals surface area contributed by atoms with E-state index in [9.17, 15) is 4.79 Å². The number of anilines is 3. The SMILES string of the molecule is CCOC(=O)N1CCN(c2cc(C)nc(Nc3cccc(OC)c3)n2)CC1. The van der Waals surface area contributed by atoms with Crippen molar-refractivity contribution in [2.45, 2.75) is 13.8 Å². The number of hydrogen-bond donors (Lipinski definition) is 1. The van der Waals surface area contributed by atoms with Gasteiger partial charge in [-0.1, -0.05) is 6.07 Å². The summed E-state index contributed by atoms with van der Waals surface area (Å²) in [7, 11) is 1.64. The minimum atomic E-state index is -0.253. The van der Waals surface area contributed by atoms with Crippen molar-refractivity contribution in [2.75, 3.05) is 50.1 Å². The first-order chi connectivity index (χ1) is 13.1. The number of carbonyl (C=O) groups excluding carboxylic acids is 1. The van der Waals surface area contributed by atoms with E-state index in [4.69, 9.17) is 9.47 Å². The van der Waals surface area contributed by atoms with Crippen molar-refractivity contribution in [1.29, 1.82) is 0 Å². The predicted octanol–water partition coefficient (Wildman–Crippen LogP) is 2.82. The second-order valence-electron chi connectivity index (χ2n) is 6.22. The van der Waals surface area contributed by atoms with Crippen LogP contribution in [0.15, 0.2) is 30.3 Å². The quantitative estimate of drug-likeness (QED) is 0.866. The maximum atomic E-state index is 11.8. The Morgan fingerprint density at radius 2 is 1.96 bits per heavy atom. The van der Waals surface area contributed by atoms with E-state index in [0.717, 1.165) is 22.9 Å². The molecule has 0 spiro atoms. The summed E-state index contributed by atoms with van der Waals surface area (Å²) < 4.78 is 10.3. The first-order valence-corrected chi connectivity index (χ1v) is 9.02. The summed E-state index contributed by atoms with van der Waals surface area (Å²) in [6.45, 7) is 6.78. The third-order valence-electron chi connectivity index (χ3n) is 4.30. The van der Waals surface area contributed by atoms with E-state index >= 15 is 0 Å². The topological polar surface area (TPSA) is 79.8 Å². The summed E-state index contributed by atoms with van der Waals surface area (Å²) in [5.41, 5.74) is 1.73. The van der Waals surface area contributed by atoms with E-state index in [1.54, 1.807) is 12.0 Å². The molecule has 1 N–H and O–H groups in total. The lowest BCUT2D eigenvalue weighted by atomic mass is 10.3. The molecule has 8 heteroatoms. The molecule has 0 radical (unpaired) electrons. The van der Waals surface area contributed by atoms with E-state index in [0.29, 0.717) is 38.7 Å². The fraction of sp³-hybridized carbons (Fsp3) is 0.421. The summed E-state index contributed by atoms with van der Waals surface area (Å²) >= 11 is 0. The fourth-order valence-corrected chi connectivity index (χ4v) is 2.93. The highest BCUT2D eigenvalue weighted by atomic mass is 16.6. The van der Waals surface area contributed by atoms with Gasteiger partial charge in [0.05, 0.1) is 13.7 Å². The number of carbonyl (C=O) groups is 1. The number of ether oxygens (including phenoxy) is 2. The van der Waals surface area contributed by atoms with Crippen LogP contribution in [0.2, 0.25) is 0 Å². The summed E-state index contributed by atoms with van der Waals surface area (Å²) in [6.07, 6.45) is -0.253. The van der Waals surface area contributed by atoms with Gasteiger partial charge in [-0.2, -0.15) is 4.98 Å². The van der Waals surface area contributed by atoms with Crippen molar-refractivity contribution < 1.29 is 14.3 Å². The molecule has 1 fully saturated rings. The zero-order valence-corrected chi connectivity index (χ0v) is 15.9. The van der Waals surface area contributed by atoms with Gasteiger partial charge in [-0.25, -0.2) is 9.78 Å². The third kappa shape index (κ3) is 4.78. The molecule has 1 aromatic heterocycles. The normalized spacial score (nSPS) is 14.0. The molecular weight excluding hydrogens is 346 g/mol. The average molecular weight is 371 g/mol. The summed E-state index contributed by atoms with van der Waals surface area (Å²) in [6, 6.07) is 9.58. The van der Waals surface area contributed by atoms with E-state index in [1.807, 2.05) is 44.2 Å². The highest BCUT2D eigenvalue weighted by Gasteiger charge is 2.23. The molecule has 8 nitrogen and oxygen atoms in total. The van der Waals surface area contributed by atoms with Crippen LogP contribution >= 0.6 is 0 Å². The van der Waals surface area contributed by atoms with Crippen molar-refractivity contribution >= 4 is 23.5 Å². The number of methoxy groups -OCH3 is 1. The Bertz CT molecular complexity index is 791. The first-order valence-electron chi connectivity index (χ1n) is 9.02. The minimum absolute atomic E-state index is 0.253. The maximum absolute atomic E-state index is 11.8. The van der Waals surface area contributed by atoms with E-state index in [-0.39, 0.29) is 6.09 Å². The Balaban J connectivity index is 1.69. The van der Waals surface area contributed by atoms with Gasteiger partial charge in [0.25, 0.3) is 0 Å². The summed E-state index contributed by atoms with van der Waals surface area (Å²) in [5.74, 6) is 2.14. The van der Waals surface area contributed by atoms with Gasteiger partial charge in [-0.15, -0.1) is 0 Å². The lowest BCUT2D eigenvalue weighted by Crippen LogP contribution is -2.49. The van der Waals surface area contributed by atoms with Gasteiger partial charge in [-0.05, 0) is 26.0 Å². The molecule has 0 aliphatic carbocycles. The Labute approximate surface area is 159 Å². The van der Waals surface area contributed by atoms with Crippen molar-refractivity contribution in [3.8, 4) is 5.75 Å². The van der Waals surface area contributed by atoms with Crippen LogP contribution in [-0.4, -0.2) is 60.9 Å². The van der Waals surface area contributed by atoms with Crippen LogP contribution in [0.3, 0.4) is 0 Å². The molecule has 1 saturated heterocycles. The maximum Gasteiger partial charge on any atom is 0.409 e. The average Bonchev–Trinajstić information content (AvgIpc) is 2.68. The van der Waals surface area contributed by atoms with Crippen LogP contribution in [0, 0.1) is 6.92 Å². The van der Waals surface area contributed by atoms with Crippen molar-refractivity contribution in [3.63, 3.8) is 0 Å². The van der Waals surface area contributed by atoms with Crippen LogP contribution in [0.5, 0.6) is 5.75 Å². The highest BCUT2D eigenvalue weighted by Crippen LogP contribution is 2.22. The number of benzene rings is 1. The molecule has 0 saturated carbocycles. The van der Waals surface area contributed by atoms with Crippen LogP contribution in [0.25, 0.3) is 0 Å². The molecule has 2 aromatic rings. The number of aromatic nitrogens is 2. The second-order valence-corrected chi connectivity index (χ2v) is 6.22. The number of piperazine rings is 1. The molecule has 2 heterocycles. The standard InChI is InChI=1S/C19H25N5O3/c1-4-27-19(25)24-10-8-23(9-11-24)17-12-14(2)20-18(22-17)21-15-6-5-7-16(13-15)26-3/h5-7,12-13H,4,8-11H2,1-3H3,(H,20,21,22). The molecule has 1 aromatic carbocycles. The second kappa shape index (κ2) is 8.57. The van der Waals surface area contributed by atoms with Crippen LogP contribution in [-0.2, 0) is 4.74 Å². The molecule has 27 heavy (non-hydrogen) atoms. The largest absolute Gasteiger partial charge is 0.497 e. The van der Waals surface area contributed by atoms with Gasteiger partial charge in [0.2, 0.25) is 5.95 Å². The third-order valence-corrected chi connectivity index (χ3v) is 4.30. The summed E-state index contributed by atoms with van der Waals surface area (Å²) in [4.78, 5) is 24.8. The predicted molar refractivity (Wildman–Crippen MR) is 104 cm³/mol. The van der Waals surface area contributed by atoms with Crippen LogP contribution < -0.4 is 15.0 Å². The Morgan fingerprint density at radius 3 is 2.67 bits per heavy atom. The zero-order chi connectivity index (χ0) is 19.2. The Hall–Kier alpha value is -3.03. The van der Waals surface area contributed by atoms with Crippen molar-refractivity contribution in [2.24, 2.45) is 0 Å². The first kappa shape index (κ1) is 18.8. The fourth-order valence-electron chi connectivity index (χ4n) is 2.93. The number of hydrogen-bond acceptors (Lipinski definition) is 7. The number of nitrogens with one attached hydrogen (secondary N) is 1. The van der Waals surface area contributed by atoms with E-state index < -0.39 is 0 Å². The molecule has 1 aliphatic rings. The molecule has 1 aliphatic heterocycles.